The van der Waals surface area contributed by atoms with Crippen LogP contribution in [0, 0.1) is 20.8 Å². The summed E-state index contributed by atoms with van der Waals surface area (Å²) in [5.74, 6) is 3.15. The van der Waals surface area contributed by atoms with Gasteiger partial charge in [-0.25, -0.2) is 18.4 Å². The smallest absolute Gasteiger partial charge is 0.152 e. The van der Waals surface area contributed by atoms with E-state index < -0.39 is 9.84 Å². The summed E-state index contributed by atoms with van der Waals surface area (Å²) < 4.78 is 30.7. The van der Waals surface area contributed by atoms with E-state index in [0.29, 0.717) is 24.6 Å². The molecule has 0 atom stereocenters. The quantitative estimate of drug-likeness (QED) is 0.173. The molecule has 0 N–H and O–H groups in total. The zero-order valence-corrected chi connectivity index (χ0v) is 44.7. The lowest BCUT2D eigenvalue weighted by molar-refractivity contribution is 0.278. The normalized spacial score (nSPS) is 20.5. The van der Waals surface area contributed by atoms with Crippen LogP contribution in [0.3, 0.4) is 0 Å². The second-order valence-corrected chi connectivity index (χ2v) is 24.8. The molecule has 16 heteroatoms. The minimum absolute atomic E-state index is 0.291. The van der Waals surface area contributed by atoms with E-state index in [0.717, 1.165) is 89.6 Å². The number of thioether (sulfide) groups is 1. The molecule has 6 aliphatic rings. The molecule has 0 saturated carbocycles. The number of sulfone groups is 1. The molecule has 0 radical (unpaired) electrons. The number of hydrogen-bond acceptors (Lipinski definition) is 12. The average Bonchev–Trinajstić information content (AvgIpc) is 4.12. The van der Waals surface area contributed by atoms with Crippen LogP contribution in [0.25, 0.3) is 33.0 Å². The van der Waals surface area contributed by atoms with Crippen LogP contribution in [0.1, 0.15) is 63.4 Å². The van der Waals surface area contributed by atoms with Gasteiger partial charge in [-0.3, -0.25) is 14.8 Å². The van der Waals surface area contributed by atoms with Crippen molar-refractivity contribution in [1.29, 1.82) is 0 Å². The largest absolute Gasteiger partial charge is 0.342 e. The van der Waals surface area contributed by atoms with Gasteiger partial charge in [-0.2, -0.15) is 11.8 Å². The van der Waals surface area contributed by atoms with E-state index >= 15 is 0 Å². The Balaban J connectivity index is 0.000000122. The lowest BCUT2D eigenvalue weighted by Crippen LogP contribution is -2.41. The highest BCUT2D eigenvalue weighted by atomic mass is 32.2. The molecular formula is C54H78N12O2S2. The monoisotopic (exact) mass is 991 g/mol. The molecule has 0 spiro atoms. The minimum atomic E-state index is -2.81. The fourth-order valence-electron chi connectivity index (χ4n) is 12.0. The van der Waals surface area contributed by atoms with Crippen molar-refractivity contribution < 1.29 is 8.42 Å². The van der Waals surface area contributed by atoms with Crippen LogP contribution in [-0.4, -0.2) is 189 Å². The second-order valence-electron chi connectivity index (χ2n) is 21.3. The molecule has 12 heterocycles. The number of hydrogen-bond donors (Lipinski definition) is 0. The first kappa shape index (κ1) is 49.7. The number of fused-ring (bicyclic) bond motifs is 9. The molecule has 0 amide bonds. The summed E-state index contributed by atoms with van der Waals surface area (Å²) in [7, 11) is 3.81. The van der Waals surface area contributed by atoms with Gasteiger partial charge in [0.25, 0.3) is 0 Å². The van der Waals surface area contributed by atoms with Gasteiger partial charge in [0.05, 0.1) is 23.2 Å². The van der Waals surface area contributed by atoms with Crippen molar-refractivity contribution in [3.63, 3.8) is 0 Å². The zero-order valence-electron chi connectivity index (χ0n) is 43.1. The summed E-state index contributed by atoms with van der Waals surface area (Å²) >= 11 is 2.08. The van der Waals surface area contributed by atoms with E-state index in [1.807, 2.05) is 12.4 Å². The standard InChI is InChI=1S/C18H26N4O2S.C18H26N4S.C18H26N4/c1-14-11-15-16-13-20(2)4-3-17(16)22(18(15)19-12-14)6-5-21-7-9-25(23,24)10-8-21;1-14-11-15-16-13-20(2)4-3-17(16)22(18(15)19-12-14)6-5-21-7-9-23-10-8-21;1-14-11-15-16-13-20(2)8-5-17(16)22(18(15)12-19-14)10-9-21-6-3-4-7-21/h11-12H,3-10,13H2,1-2H3;11-12H,3-10,13H2,1-2H3;11-12H,3-10,13H2,1-2H3. The van der Waals surface area contributed by atoms with Crippen molar-refractivity contribution >= 4 is 54.6 Å². The summed E-state index contributed by atoms with van der Waals surface area (Å²) in [4.78, 5) is 28.8. The number of pyridine rings is 3. The number of aromatic nitrogens is 6. The Kier molecular flexibility index (Phi) is 15.4. The third-order valence-electron chi connectivity index (χ3n) is 16.0. The Morgan fingerprint density at radius 2 is 0.943 bits per heavy atom. The summed E-state index contributed by atoms with van der Waals surface area (Å²) in [6, 6.07) is 6.86. The molecule has 14 nitrogen and oxygen atoms in total. The van der Waals surface area contributed by atoms with Crippen molar-refractivity contribution in [2.75, 3.05) is 123 Å². The second kappa shape index (κ2) is 21.7. The Morgan fingerprint density at radius 3 is 1.46 bits per heavy atom. The highest BCUT2D eigenvalue weighted by Gasteiger charge is 2.28. The van der Waals surface area contributed by atoms with Gasteiger partial charge in [0.1, 0.15) is 11.3 Å². The molecule has 12 rings (SSSR count). The highest BCUT2D eigenvalue weighted by molar-refractivity contribution is 7.99. The van der Waals surface area contributed by atoms with Crippen molar-refractivity contribution in [2.24, 2.45) is 0 Å². The van der Waals surface area contributed by atoms with Crippen LogP contribution >= 0.6 is 11.8 Å². The summed E-state index contributed by atoms with van der Waals surface area (Å²) in [6.07, 6.45) is 12.2. The molecule has 6 aliphatic heterocycles. The molecule has 0 unspecified atom stereocenters. The summed E-state index contributed by atoms with van der Waals surface area (Å²) in [5.41, 5.74) is 16.2. The number of likely N-dealkylation sites (tertiary alicyclic amines) is 1. The van der Waals surface area contributed by atoms with Crippen LogP contribution in [0.5, 0.6) is 0 Å². The van der Waals surface area contributed by atoms with E-state index in [4.69, 9.17) is 9.97 Å². The van der Waals surface area contributed by atoms with Gasteiger partial charge in [0.2, 0.25) is 0 Å². The maximum atomic E-state index is 11.6. The van der Waals surface area contributed by atoms with Crippen LogP contribution in [0.15, 0.2) is 36.8 Å². The Morgan fingerprint density at radius 1 is 0.500 bits per heavy atom. The molecule has 3 saturated heterocycles. The fraction of sp³-hybridized carbons (Fsp3) is 0.611. The average molecular weight is 991 g/mol. The van der Waals surface area contributed by atoms with Gasteiger partial charge in [-0.1, -0.05) is 0 Å². The van der Waals surface area contributed by atoms with Gasteiger partial charge in [-0.15, -0.1) is 0 Å². The number of rotatable bonds is 9. The summed E-state index contributed by atoms with van der Waals surface area (Å²) in [5, 5.41) is 4.08. The molecule has 6 aromatic rings. The van der Waals surface area contributed by atoms with Gasteiger partial charge < -0.3 is 33.3 Å². The predicted octanol–water partition coefficient (Wildman–Crippen LogP) is 5.87. The maximum absolute atomic E-state index is 11.6. The molecule has 6 aromatic heterocycles. The van der Waals surface area contributed by atoms with Gasteiger partial charge >= 0.3 is 0 Å². The third-order valence-corrected chi connectivity index (χ3v) is 18.5. The lowest BCUT2D eigenvalue weighted by Gasteiger charge is -2.28. The van der Waals surface area contributed by atoms with E-state index in [1.54, 1.807) is 5.69 Å². The first-order valence-electron chi connectivity index (χ1n) is 26.3. The highest BCUT2D eigenvalue weighted by Crippen LogP contribution is 2.33. The lowest BCUT2D eigenvalue weighted by atomic mass is 10.1. The molecule has 70 heavy (non-hydrogen) atoms. The fourth-order valence-corrected chi connectivity index (χ4v) is 14.2. The van der Waals surface area contributed by atoms with Crippen molar-refractivity contribution in [2.45, 2.75) is 92.1 Å². The van der Waals surface area contributed by atoms with Crippen LogP contribution < -0.4 is 0 Å². The Bertz CT molecular complexity index is 2900. The molecule has 378 valence electrons. The van der Waals surface area contributed by atoms with E-state index in [-0.39, 0.29) is 0 Å². The van der Waals surface area contributed by atoms with Gasteiger partial charge in [-0.05, 0) is 114 Å². The predicted molar refractivity (Wildman–Crippen MR) is 288 cm³/mol. The Labute approximate surface area is 421 Å². The topological polar surface area (TPSA) is 107 Å². The maximum Gasteiger partial charge on any atom is 0.152 e. The number of nitrogens with zero attached hydrogens (tertiary/aromatic N) is 12. The molecule has 3 fully saturated rings. The summed E-state index contributed by atoms with van der Waals surface area (Å²) in [6.45, 7) is 25.5. The van der Waals surface area contributed by atoms with Crippen LogP contribution in [0.4, 0.5) is 0 Å². The molecule has 0 aliphatic carbocycles. The number of aryl methyl sites for hydroxylation is 3. The molecule has 0 bridgehead atoms. The van der Waals surface area contributed by atoms with Crippen LogP contribution in [-0.2, 0) is 68.4 Å². The molecule has 0 aromatic carbocycles. The van der Waals surface area contributed by atoms with E-state index in [1.165, 1.54) is 137 Å². The van der Waals surface area contributed by atoms with Crippen molar-refractivity contribution in [3.8, 4) is 0 Å². The number of likely N-dealkylation sites (N-methyl/N-ethyl adjacent to an activating group) is 3. The molecular weight excluding hydrogens is 913 g/mol. The zero-order chi connectivity index (χ0) is 48.5. The SMILES string of the molecule is Cc1cc2c3c(n(CCN4CCCC4)c2cn1)CCN(C)C3.Cc1cnc2c(c1)c1c(n2CCN2CCS(=O)(=O)CC2)CCN(C)C1.Cc1cnc2c(c1)c1c(n2CCN2CCSCC2)CCN(C)C1. The third kappa shape index (κ3) is 11.0. The van der Waals surface area contributed by atoms with Gasteiger partial charge in [0, 0.05) is 187 Å². The van der Waals surface area contributed by atoms with E-state index in [9.17, 15) is 8.42 Å². The van der Waals surface area contributed by atoms with Gasteiger partial charge in [0.15, 0.2) is 9.84 Å². The van der Waals surface area contributed by atoms with Crippen molar-refractivity contribution in [3.05, 3.63) is 87.4 Å². The first-order chi connectivity index (χ1) is 33.9. The Hall–Kier alpha value is -3.87. The van der Waals surface area contributed by atoms with E-state index in [2.05, 4.69) is 126 Å². The van der Waals surface area contributed by atoms with Crippen LogP contribution in [0.2, 0.25) is 0 Å². The first-order valence-corrected chi connectivity index (χ1v) is 29.3. The van der Waals surface area contributed by atoms with Crippen molar-refractivity contribution in [1.82, 2.24) is 58.1 Å². The minimum Gasteiger partial charge on any atom is -0.342 e.